The van der Waals surface area contributed by atoms with Crippen LogP contribution in [0, 0.1) is 22.7 Å². The van der Waals surface area contributed by atoms with E-state index >= 15 is 0 Å². The number of nitrogens with zero attached hydrogens (tertiary/aromatic N) is 2. The van der Waals surface area contributed by atoms with E-state index in [0.717, 1.165) is 14.7 Å². The van der Waals surface area contributed by atoms with Gasteiger partial charge in [0.05, 0.1) is 0 Å². The van der Waals surface area contributed by atoms with Gasteiger partial charge in [0, 0.05) is 0 Å². The van der Waals surface area contributed by atoms with Crippen molar-refractivity contribution in [2.45, 2.75) is 47.7 Å². The zero-order chi connectivity index (χ0) is 14.2. The summed E-state index contributed by atoms with van der Waals surface area (Å²) in [5.74, 6) is 0. The van der Waals surface area contributed by atoms with Gasteiger partial charge in [0.25, 0.3) is 0 Å². The van der Waals surface area contributed by atoms with Gasteiger partial charge in [0.15, 0.2) is 0 Å². The Labute approximate surface area is 122 Å². The fraction of sp³-hybridized carbons (Fsp3) is 0.556. The van der Waals surface area contributed by atoms with Gasteiger partial charge in [-0.2, -0.15) is 0 Å². The van der Waals surface area contributed by atoms with Crippen molar-refractivity contribution in [2.24, 2.45) is 0 Å². The SMILES string of the molecule is N#Cc1cc(Cl)c([C]23[CH]4[CH]5[CH]6[CH]2[Fe]56432789[CH]3[CH]2[CH]7[CH]8[CH]39)cc1C#N. The molecule has 22 heavy (non-hydrogen) atoms. The molecule has 1 aromatic carbocycles. The van der Waals surface area contributed by atoms with E-state index in [0.29, 0.717) is 15.4 Å². The van der Waals surface area contributed by atoms with Gasteiger partial charge < -0.3 is 0 Å². The molecular formula is C18H11ClFeN2. The van der Waals surface area contributed by atoms with E-state index in [1.165, 1.54) is 39.3 Å². The number of rotatable bonds is 1. The number of hydrogen-bond donors (Lipinski definition) is 0. The summed E-state index contributed by atoms with van der Waals surface area (Å²) >= 11 is 6.72. The Morgan fingerprint density at radius 3 is 1.73 bits per heavy atom. The third kappa shape index (κ3) is 0.109. The summed E-state index contributed by atoms with van der Waals surface area (Å²) in [7, 11) is 0. The van der Waals surface area contributed by atoms with E-state index in [9.17, 15) is 10.5 Å². The summed E-state index contributed by atoms with van der Waals surface area (Å²) in [4.78, 5) is 11.0. The molecule has 0 bridgehead atoms. The maximum atomic E-state index is 9.46. The van der Waals surface area contributed by atoms with Crippen LogP contribution in [0.4, 0.5) is 0 Å². The Bertz CT molecular complexity index is 1370. The Kier molecular flexibility index (Phi) is 0.332. The summed E-state index contributed by atoms with van der Waals surface area (Å²) in [6.07, 6.45) is 0. The number of hydrogen-bond acceptors (Lipinski definition) is 2. The first kappa shape index (κ1) is 8.75. The Hall–Kier alpha value is -0.991. The van der Waals surface area contributed by atoms with Gasteiger partial charge in [0.2, 0.25) is 0 Å². The number of halogens is 1. The first-order valence-corrected chi connectivity index (χ1v) is 15.0. The van der Waals surface area contributed by atoms with Gasteiger partial charge in [0.1, 0.15) is 0 Å². The van der Waals surface area contributed by atoms with E-state index < -0.39 is 6.51 Å². The molecule has 0 aliphatic carbocycles. The average molecular weight is 347 g/mol. The van der Waals surface area contributed by atoms with Crippen LogP contribution in [0.5, 0.6) is 0 Å². The molecule has 1 spiro atoms. The van der Waals surface area contributed by atoms with Gasteiger partial charge in [-0.3, -0.25) is 0 Å². The van der Waals surface area contributed by atoms with Crippen LogP contribution in [0.15, 0.2) is 12.1 Å². The summed E-state index contributed by atoms with van der Waals surface area (Å²) in [6, 6.07) is 8.28. The summed E-state index contributed by atoms with van der Waals surface area (Å²) in [5, 5.41) is 19.5. The molecule has 4 unspecified atom stereocenters. The van der Waals surface area contributed by atoms with E-state index in [-0.39, 0.29) is 0 Å². The molecular weight excluding hydrogens is 336 g/mol. The fourth-order valence-corrected chi connectivity index (χ4v) is 92.5. The van der Waals surface area contributed by atoms with Crippen LogP contribution in [-0.2, 0) is 10.8 Å². The van der Waals surface area contributed by atoms with E-state index in [4.69, 9.17) is 11.6 Å². The summed E-state index contributed by atoms with van der Waals surface area (Å²) in [5.41, 5.74) is 2.40. The van der Waals surface area contributed by atoms with Crippen LogP contribution in [0.1, 0.15) is 16.7 Å². The Morgan fingerprint density at radius 2 is 1.36 bits per heavy atom. The van der Waals surface area contributed by atoms with Gasteiger partial charge in [-0.25, -0.2) is 0 Å². The van der Waals surface area contributed by atoms with Gasteiger partial charge >= 0.3 is 122 Å². The fourth-order valence-electron chi connectivity index (χ4n) is 18.0. The van der Waals surface area contributed by atoms with Crippen molar-refractivity contribution in [3.63, 3.8) is 0 Å². The van der Waals surface area contributed by atoms with Crippen molar-refractivity contribution >= 4 is 11.6 Å². The molecule has 10 heterocycles. The molecule has 4 atom stereocenters. The van der Waals surface area contributed by atoms with Crippen molar-refractivity contribution in [1.29, 1.82) is 10.5 Å². The Morgan fingerprint density at radius 1 is 0.864 bits per heavy atom. The van der Waals surface area contributed by atoms with Crippen molar-refractivity contribution in [1.82, 2.24) is 0 Å². The maximum absolute atomic E-state index is 9.46. The quantitative estimate of drug-likeness (QED) is 0.680. The van der Waals surface area contributed by atoms with Gasteiger partial charge in [-0.1, -0.05) is 0 Å². The molecule has 10 saturated heterocycles. The molecule has 4 heteroatoms. The van der Waals surface area contributed by atoms with Crippen LogP contribution in [-0.4, -0.2) is 0 Å². The minimum absolute atomic E-state index is 0.461. The molecule has 108 valence electrons. The van der Waals surface area contributed by atoms with Crippen molar-refractivity contribution in [2.75, 3.05) is 0 Å². The number of fused-ring (bicyclic) bond motifs is 10. The predicted octanol–water partition coefficient (Wildman–Crippen LogP) is 4.88. The standard InChI is InChI=1S/C13H6ClN2.C5H5.Fe/c14-13-6-11(8-16)10(7-15)5-12(13)9-3-1-2-4-9;1-2-4-5-3-1;/h1-6H;1-5H;. The second kappa shape index (κ2) is 0.836. The Balaban J connectivity index is 1.42. The zero-order valence-electron chi connectivity index (χ0n) is 11.5. The van der Waals surface area contributed by atoms with Crippen molar-refractivity contribution in [3.05, 3.63) is 33.8 Å². The monoisotopic (exact) mass is 346 g/mol. The van der Waals surface area contributed by atoms with E-state index in [2.05, 4.69) is 18.2 Å². The topological polar surface area (TPSA) is 47.6 Å². The van der Waals surface area contributed by atoms with Gasteiger partial charge in [-0.05, 0) is 0 Å². The number of benzene rings is 1. The number of nitriles is 2. The minimum atomic E-state index is -3.23. The molecule has 0 aromatic heterocycles. The third-order valence-corrected chi connectivity index (χ3v) is 59.1. The normalized spacial score (nSPS) is 93.9. The third-order valence-electron chi connectivity index (χ3n) is 16.4. The second-order valence-corrected chi connectivity index (χ2v) is 35.7. The molecule has 0 radical (unpaired) electrons. The zero-order valence-corrected chi connectivity index (χ0v) is 13.3. The molecule has 10 fully saturated rings. The summed E-state index contributed by atoms with van der Waals surface area (Å²) < 4.78 is 0.565. The van der Waals surface area contributed by atoms with Crippen LogP contribution in [0.25, 0.3) is 0 Å². The molecule has 0 amide bonds. The molecule has 10 aliphatic rings. The van der Waals surface area contributed by atoms with Crippen LogP contribution in [0.2, 0.25) is 48.4 Å². The van der Waals surface area contributed by atoms with Crippen molar-refractivity contribution < 1.29 is 6.51 Å². The first-order valence-electron chi connectivity index (χ1n) is 8.30. The predicted molar refractivity (Wildman–Crippen MR) is 76.3 cm³/mol. The first-order chi connectivity index (χ1) is 10.4. The van der Waals surface area contributed by atoms with Crippen LogP contribution in [0.3, 0.4) is 0 Å². The van der Waals surface area contributed by atoms with E-state index in [1.54, 1.807) is 0 Å². The summed E-state index contributed by atoms with van der Waals surface area (Å²) in [6.45, 7) is -3.23. The molecule has 0 N–H and O–H groups in total. The van der Waals surface area contributed by atoms with E-state index in [1.807, 2.05) is 6.07 Å². The second-order valence-electron chi connectivity index (χ2n) is 11.8. The van der Waals surface area contributed by atoms with Crippen LogP contribution >= 0.6 is 11.6 Å². The molecule has 11 rings (SSSR count). The van der Waals surface area contributed by atoms with Gasteiger partial charge in [-0.15, -0.1) is 0 Å². The molecule has 0 saturated carbocycles. The van der Waals surface area contributed by atoms with Crippen molar-refractivity contribution in [3.8, 4) is 12.1 Å². The molecule has 2 nitrogen and oxygen atoms in total. The average Bonchev–Trinajstić information content (AvgIpc) is 3.46. The van der Waals surface area contributed by atoms with Crippen LogP contribution < -0.4 is 0 Å². The molecule has 10 aliphatic heterocycles. The molecule has 1 aromatic rings.